The first kappa shape index (κ1) is 12.0. The molecule has 2 rings (SSSR count). The molecule has 5 heteroatoms. The maximum atomic E-state index is 13.3. The van der Waals surface area contributed by atoms with Crippen molar-refractivity contribution in [1.82, 2.24) is 5.32 Å². The Morgan fingerprint density at radius 3 is 2.65 bits per heavy atom. The third-order valence-corrected chi connectivity index (χ3v) is 3.09. The molecule has 3 nitrogen and oxygen atoms in total. The number of halogens is 2. The highest BCUT2D eigenvalue weighted by atomic mass is 19.1. The maximum Gasteiger partial charge on any atom is 0.254 e. The lowest BCUT2D eigenvalue weighted by Gasteiger charge is -2.12. The molecule has 92 valence electrons. The van der Waals surface area contributed by atoms with Crippen molar-refractivity contribution in [2.24, 2.45) is 5.41 Å². The summed E-state index contributed by atoms with van der Waals surface area (Å²) in [4.78, 5) is 11.6. The summed E-state index contributed by atoms with van der Waals surface area (Å²) in [5, 5.41) is 11.6. The number of nitrogens with one attached hydrogen (secondary N) is 1. The lowest BCUT2D eigenvalue weighted by Crippen LogP contribution is -2.32. The highest BCUT2D eigenvalue weighted by molar-refractivity contribution is 5.94. The molecule has 17 heavy (non-hydrogen) atoms. The summed E-state index contributed by atoms with van der Waals surface area (Å²) < 4.78 is 25.9. The van der Waals surface area contributed by atoms with E-state index in [4.69, 9.17) is 5.11 Å². The summed E-state index contributed by atoms with van der Waals surface area (Å²) in [5.41, 5.74) is -0.410. The van der Waals surface area contributed by atoms with Crippen molar-refractivity contribution >= 4 is 5.91 Å². The second kappa shape index (κ2) is 4.41. The fraction of sp³-hybridized carbons (Fsp3) is 0.417. The number of carbonyl (C=O) groups excluding carboxylic acids is 1. The zero-order chi connectivity index (χ0) is 12.5. The molecular formula is C12H13F2NO2. The Bertz CT molecular complexity index is 444. The quantitative estimate of drug-likeness (QED) is 0.838. The Balaban J connectivity index is 2.00. The molecule has 1 aromatic rings. The number of hydrogen-bond acceptors (Lipinski definition) is 2. The minimum Gasteiger partial charge on any atom is -0.396 e. The SMILES string of the molecule is O=C(NCC1(CO)CC1)c1ccc(F)cc1F. The second-order valence-corrected chi connectivity index (χ2v) is 4.46. The number of aliphatic hydroxyl groups is 1. The van der Waals surface area contributed by atoms with Gasteiger partial charge in [0, 0.05) is 18.0 Å². The van der Waals surface area contributed by atoms with Gasteiger partial charge in [-0.05, 0) is 25.0 Å². The van der Waals surface area contributed by atoms with Crippen molar-refractivity contribution in [3.63, 3.8) is 0 Å². The van der Waals surface area contributed by atoms with Gasteiger partial charge in [-0.2, -0.15) is 0 Å². The average molecular weight is 241 g/mol. The number of amides is 1. The van der Waals surface area contributed by atoms with Gasteiger partial charge in [0.05, 0.1) is 12.2 Å². The summed E-state index contributed by atoms with van der Waals surface area (Å²) in [6.07, 6.45) is 1.71. The molecule has 1 saturated carbocycles. The third kappa shape index (κ3) is 2.61. The fourth-order valence-corrected chi connectivity index (χ4v) is 1.60. The van der Waals surface area contributed by atoms with E-state index in [1.54, 1.807) is 0 Å². The molecule has 0 aromatic heterocycles. The van der Waals surface area contributed by atoms with Gasteiger partial charge < -0.3 is 10.4 Å². The minimum absolute atomic E-state index is 0.0131. The molecule has 1 aliphatic rings. The molecule has 1 aliphatic carbocycles. The van der Waals surface area contributed by atoms with Gasteiger partial charge in [0.15, 0.2) is 0 Å². The lowest BCUT2D eigenvalue weighted by molar-refractivity contribution is 0.0931. The summed E-state index contributed by atoms with van der Waals surface area (Å²) >= 11 is 0. The van der Waals surface area contributed by atoms with E-state index in [2.05, 4.69) is 5.32 Å². The van der Waals surface area contributed by atoms with Crippen molar-refractivity contribution in [2.75, 3.05) is 13.2 Å². The van der Waals surface area contributed by atoms with Crippen LogP contribution in [-0.2, 0) is 0 Å². The van der Waals surface area contributed by atoms with Gasteiger partial charge in [0.1, 0.15) is 11.6 Å². The van der Waals surface area contributed by atoms with E-state index in [1.807, 2.05) is 0 Å². The van der Waals surface area contributed by atoms with E-state index in [1.165, 1.54) is 0 Å². The molecule has 0 radical (unpaired) electrons. The van der Waals surface area contributed by atoms with E-state index in [9.17, 15) is 13.6 Å². The molecule has 0 aliphatic heterocycles. The van der Waals surface area contributed by atoms with Gasteiger partial charge in [-0.3, -0.25) is 4.79 Å². The Morgan fingerprint density at radius 2 is 2.12 bits per heavy atom. The highest BCUT2D eigenvalue weighted by Gasteiger charge is 2.42. The predicted octanol–water partition coefficient (Wildman–Crippen LogP) is 1.47. The van der Waals surface area contributed by atoms with Crippen molar-refractivity contribution in [1.29, 1.82) is 0 Å². The van der Waals surface area contributed by atoms with Crippen LogP contribution in [0.15, 0.2) is 18.2 Å². The van der Waals surface area contributed by atoms with Crippen LogP contribution in [0.1, 0.15) is 23.2 Å². The fourth-order valence-electron chi connectivity index (χ4n) is 1.60. The lowest BCUT2D eigenvalue weighted by atomic mass is 10.1. The first-order valence-electron chi connectivity index (χ1n) is 5.40. The Hall–Kier alpha value is -1.49. The van der Waals surface area contributed by atoms with E-state index in [0.29, 0.717) is 12.6 Å². The van der Waals surface area contributed by atoms with Crippen molar-refractivity contribution < 1.29 is 18.7 Å². The zero-order valence-electron chi connectivity index (χ0n) is 9.17. The average Bonchev–Trinajstić information content (AvgIpc) is 3.07. The van der Waals surface area contributed by atoms with Crippen molar-refractivity contribution in [3.05, 3.63) is 35.4 Å². The number of rotatable bonds is 4. The largest absolute Gasteiger partial charge is 0.396 e. The molecule has 0 spiro atoms. The van der Waals surface area contributed by atoms with Crippen LogP contribution in [0, 0.1) is 17.0 Å². The van der Waals surface area contributed by atoms with E-state index in [-0.39, 0.29) is 17.6 Å². The van der Waals surface area contributed by atoms with Gasteiger partial charge in [0.2, 0.25) is 0 Å². The number of benzene rings is 1. The molecular weight excluding hydrogens is 228 g/mol. The zero-order valence-corrected chi connectivity index (χ0v) is 9.17. The van der Waals surface area contributed by atoms with E-state index in [0.717, 1.165) is 25.0 Å². The summed E-state index contributed by atoms with van der Waals surface area (Å²) in [5.74, 6) is -2.17. The Labute approximate surface area is 97.5 Å². The van der Waals surface area contributed by atoms with Crippen LogP contribution in [0.2, 0.25) is 0 Å². The van der Waals surface area contributed by atoms with Crippen LogP contribution in [0.3, 0.4) is 0 Å². The number of carbonyl (C=O) groups is 1. The molecule has 1 fully saturated rings. The third-order valence-electron chi connectivity index (χ3n) is 3.09. The molecule has 0 bridgehead atoms. The van der Waals surface area contributed by atoms with Crippen molar-refractivity contribution in [3.8, 4) is 0 Å². The van der Waals surface area contributed by atoms with Gasteiger partial charge in [-0.15, -0.1) is 0 Å². The highest BCUT2D eigenvalue weighted by Crippen LogP contribution is 2.44. The van der Waals surface area contributed by atoms with Crippen LogP contribution < -0.4 is 5.32 Å². The molecule has 0 saturated heterocycles. The Morgan fingerprint density at radius 1 is 1.41 bits per heavy atom. The first-order valence-corrected chi connectivity index (χ1v) is 5.40. The standard InChI is InChI=1S/C12H13F2NO2/c13-8-1-2-9(10(14)5-8)11(17)15-6-12(7-16)3-4-12/h1-2,5,16H,3-4,6-7H2,(H,15,17). The minimum atomic E-state index is -0.878. The van der Waals surface area contributed by atoms with E-state index >= 15 is 0 Å². The topological polar surface area (TPSA) is 49.3 Å². The van der Waals surface area contributed by atoms with Gasteiger partial charge in [-0.25, -0.2) is 8.78 Å². The summed E-state index contributed by atoms with van der Waals surface area (Å²) in [6, 6.07) is 2.82. The maximum absolute atomic E-state index is 13.3. The van der Waals surface area contributed by atoms with Crippen LogP contribution in [0.4, 0.5) is 8.78 Å². The van der Waals surface area contributed by atoms with Crippen LogP contribution in [0.25, 0.3) is 0 Å². The van der Waals surface area contributed by atoms with Crippen LogP contribution >= 0.6 is 0 Å². The molecule has 0 unspecified atom stereocenters. The van der Waals surface area contributed by atoms with Crippen LogP contribution in [0.5, 0.6) is 0 Å². The number of hydrogen-bond donors (Lipinski definition) is 2. The molecule has 1 amide bonds. The van der Waals surface area contributed by atoms with Gasteiger partial charge in [-0.1, -0.05) is 0 Å². The molecule has 0 atom stereocenters. The number of aliphatic hydroxyl groups excluding tert-OH is 1. The summed E-state index contributed by atoms with van der Waals surface area (Å²) in [6.45, 7) is 0.332. The normalized spacial score (nSPS) is 16.6. The Kier molecular flexibility index (Phi) is 3.11. The smallest absolute Gasteiger partial charge is 0.254 e. The molecule has 1 aromatic carbocycles. The first-order chi connectivity index (χ1) is 8.06. The summed E-state index contributed by atoms with van der Waals surface area (Å²) in [7, 11) is 0. The van der Waals surface area contributed by atoms with Crippen LogP contribution in [-0.4, -0.2) is 24.2 Å². The monoisotopic (exact) mass is 241 g/mol. The second-order valence-electron chi connectivity index (χ2n) is 4.46. The molecule has 2 N–H and O–H groups in total. The van der Waals surface area contributed by atoms with Crippen molar-refractivity contribution in [2.45, 2.75) is 12.8 Å². The van der Waals surface area contributed by atoms with Gasteiger partial charge in [0.25, 0.3) is 5.91 Å². The van der Waals surface area contributed by atoms with Gasteiger partial charge >= 0.3 is 0 Å². The van der Waals surface area contributed by atoms with E-state index < -0.39 is 17.5 Å². The molecule has 0 heterocycles. The predicted molar refractivity (Wildman–Crippen MR) is 57.4 cm³/mol.